The standard InChI is InChI=1S/C17H20F3N3O2/c18-17(19,20)11-5-10-9-23(3-1-13(10)22-8-11)15(24)16-2-4-25-14(16)6-12(21)7-16/h5,8,12,14H,1-4,6-7,9,21H2/t12?,14-,16-/m1/s1. The minimum Gasteiger partial charge on any atom is -0.377 e. The number of nitrogens with zero attached hydrogens (tertiary/aromatic N) is 2. The van der Waals surface area contributed by atoms with Gasteiger partial charge in [0.05, 0.1) is 17.1 Å². The summed E-state index contributed by atoms with van der Waals surface area (Å²) in [5, 5.41) is 0. The predicted molar refractivity (Wildman–Crippen MR) is 82.4 cm³/mol. The summed E-state index contributed by atoms with van der Waals surface area (Å²) in [4.78, 5) is 18.8. The van der Waals surface area contributed by atoms with Gasteiger partial charge >= 0.3 is 6.18 Å². The second-order valence-corrected chi connectivity index (χ2v) is 7.27. The van der Waals surface area contributed by atoms with Crippen LogP contribution in [0.4, 0.5) is 13.2 Å². The number of carbonyl (C=O) groups is 1. The van der Waals surface area contributed by atoms with E-state index in [2.05, 4.69) is 4.98 Å². The van der Waals surface area contributed by atoms with Gasteiger partial charge in [0.25, 0.3) is 0 Å². The Kier molecular flexibility index (Phi) is 3.81. The zero-order chi connectivity index (χ0) is 17.8. The first-order chi connectivity index (χ1) is 11.8. The Morgan fingerprint density at radius 1 is 1.44 bits per heavy atom. The number of rotatable bonds is 1. The summed E-state index contributed by atoms with van der Waals surface area (Å²) in [5.41, 5.74) is 5.77. The van der Waals surface area contributed by atoms with E-state index in [4.69, 9.17) is 10.5 Å². The van der Waals surface area contributed by atoms with Gasteiger partial charge in [0.15, 0.2) is 0 Å². The maximum absolute atomic E-state index is 13.2. The Morgan fingerprint density at radius 2 is 2.24 bits per heavy atom. The van der Waals surface area contributed by atoms with Gasteiger partial charge in [-0.2, -0.15) is 13.2 Å². The van der Waals surface area contributed by atoms with Gasteiger partial charge in [0.2, 0.25) is 5.91 Å². The first-order valence-corrected chi connectivity index (χ1v) is 8.51. The number of nitrogens with two attached hydrogens (primary N) is 1. The number of pyridine rings is 1. The monoisotopic (exact) mass is 355 g/mol. The van der Waals surface area contributed by atoms with Crippen molar-refractivity contribution in [1.82, 2.24) is 9.88 Å². The molecule has 0 bridgehead atoms. The fraction of sp³-hybridized carbons (Fsp3) is 0.647. The molecule has 1 unspecified atom stereocenters. The first-order valence-electron chi connectivity index (χ1n) is 8.51. The second-order valence-electron chi connectivity index (χ2n) is 7.27. The van der Waals surface area contributed by atoms with Gasteiger partial charge in [0, 0.05) is 44.0 Å². The van der Waals surface area contributed by atoms with Crippen LogP contribution < -0.4 is 5.73 Å². The summed E-state index contributed by atoms with van der Waals surface area (Å²) < 4.78 is 44.5. The third kappa shape index (κ3) is 2.71. The van der Waals surface area contributed by atoms with Gasteiger partial charge in [0.1, 0.15) is 0 Å². The van der Waals surface area contributed by atoms with E-state index in [1.165, 1.54) is 0 Å². The summed E-state index contributed by atoms with van der Waals surface area (Å²) in [5.74, 6) is -0.0361. The van der Waals surface area contributed by atoms with E-state index in [9.17, 15) is 18.0 Å². The predicted octanol–water partition coefficient (Wildman–Crippen LogP) is 1.88. The molecule has 5 nitrogen and oxygen atoms in total. The molecule has 3 heterocycles. The largest absolute Gasteiger partial charge is 0.417 e. The van der Waals surface area contributed by atoms with Crippen LogP contribution in [0.3, 0.4) is 0 Å². The van der Waals surface area contributed by atoms with Crippen molar-refractivity contribution >= 4 is 5.91 Å². The Morgan fingerprint density at radius 3 is 3.00 bits per heavy atom. The van der Waals surface area contributed by atoms with Crippen LogP contribution in [0.1, 0.15) is 36.1 Å². The SMILES string of the molecule is NC1C[C@H]2OCC[C@@]2(C(=O)N2CCc3ncc(C(F)(F)F)cc3C2)C1. The highest BCUT2D eigenvalue weighted by atomic mass is 19.4. The summed E-state index contributed by atoms with van der Waals surface area (Å²) >= 11 is 0. The smallest absolute Gasteiger partial charge is 0.377 e. The molecule has 1 amide bonds. The molecule has 8 heteroatoms. The average Bonchev–Trinajstić information content (AvgIpc) is 3.09. The molecule has 2 aliphatic heterocycles. The van der Waals surface area contributed by atoms with Crippen LogP contribution in [0.25, 0.3) is 0 Å². The van der Waals surface area contributed by atoms with Crippen LogP contribution in [-0.2, 0) is 28.7 Å². The molecular weight excluding hydrogens is 335 g/mol. The van der Waals surface area contributed by atoms with Crippen molar-refractivity contribution in [2.24, 2.45) is 11.1 Å². The van der Waals surface area contributed by atoms with Crippen LogP contribution in [0.5, 0.6) is 0 Å². The maximum Gasteiger partial charge on any atom is 0.417 e. The van der Waals surface area contributed by atoms with Crippen LogP contribution in [0.2, 0.25) is 0 Å². The fourth-order valence-corrected chi connectivity index (χ4v) is 4.46. The van der Waals surface area contributed by atoms with Crippen molar-refractivity contribution in [3.05, 3.63) is 29.1 Å². The van der Waals surface area contributed by atoms with Crippen LogP contribution in [0.15, 0.2) is 12.3 Å². The normalized spacial score (nSPS) is 31.8. The molecule has 3 atom stereocenters. The molecule has 1 saturated heterocycles. The summed E-state index contributed by atoms with van der Waals surface area (Å²) in [6, 6.07) is 1.05. The van der Waals surface area contributed by atoms with Crippen molar-refractivity contribution in [3.63, 3.8) is 0 Å². The van der Waals surface area contributed by atoms with Crippen LogP contribution in [0, 0.1) is 5.41 Å². The maximum atomic E-state index is 13.2. The van der Waals surface area contributed by atoms with Crippen molar-refractivity contribution in [1.29, 1.82) is 0 Å². The van der Waals surface area contributed by atoms with Gasteiger partial charge in [-0.3, -0.25) is 9.78 Å². The lowest BCUT2D eigenvalue weighted by atomic mass is 9.80. The molecule has 1 aliphatic carbocycles. The van der Waals surface area contributed by atoms with Crippen molar-refractivity contribution in [2.45, 2.75) is 50.6 Å². The Labute approximate surface area is 143 Å². The van der Waals surface area contributed by atoms with E-state index in [0.717, 1.165) is 12.3 Å². The van der Waals surface area contributed by atoms with Gasteiger partial charge < -0.3 is 15.4 Å². The molecule has 4 rings (SSSR count). The molecule has 0 aromatic carbocycles. The number of carbonyl (C=O) groups excluding carboxylic acids is 1. The molecule has 136 valence electrons. The highest BCUT2D eigenvalue weighted by Crippen LogP contribution is 2.48. The molecule has 0 spiro atoms. The van der Waals surface area contributed by atoms with Gasteiger partial charge in [-0.15, -0.1) is 0 Å². The number of halogens is 3. The van der Waals surface area contributed by atoms with E-state index in [1.807, 2.05) is 0 Å². The van der Waals surface area contributed by atoms with E-state index in [0.29, 0.717) is 50.1 Å². The van der Waals surface area contributed by atoms with Crippen LogP contribution >= 0.6 is 0 Å². The molecule has 2 N–H and O–H groups in total. The molecule has 1 saturated carbocycles. The molecule has 3 aliphatic rings. The Balaban J connectivity index is 1.59. The minimum absolute atomic E-state index is 0.0361. The first kappa shape index (κ1) is 16.8. The summed E-state index contributed by atoms with van der Waals surface area (Å²) in [7, 11) is 0. The fourth-order valence-electron chi connectivity index (χ4n) is 4.46. The number of alkyl halides is 3. The van der Waals surface area contributed by atoms with E-state index < -0.39 is 17.2 Å². The molecular formula is C17H20F3N3O2. The average molecular weight is 355 g/mol. The van der Waals surface area contributed by atoms with Crippen LogP contribution in [-0.4, -0.2) is 41.1 Å². The number of aromatic nitrogens is 1. The summed E-state index contributed by atoms with van der Waals surface area (Å²) in [6.07, 6.45) is -1.39. The number of ether oxygens (including phenoxy) is 1. The van der Waals surface area contributed by atoms with Gasteiger partial charge in [-0.1, -0.05) is 0 Å². The minimum atomic E-state index is -4.43. The lowest BCUT2D eigenvalue weighted by molar-refractivity contribution is -0.145. The third-order valence-corrected chi connectivity index (χ3v) is 5.71. The molecule has 1 aromatic rings. The Bertz CT molecular complexity index is 709. The molecule has 25 heavy (non-hydrogen) atoms. The van der Waals surface area contributed by atoms with Crippen molar-refractivity contribution < 1.29 is 22.7 Å². The molecule has 2 fully saturated rings. The Hall–Kier alpha value is -1.67. The second kappa shape index (κ2) is 5.67. The molecule has 0 radical (unpaired) electrons. The number of fused-ring (bicyclic) bond motifs is 2. The topological polar surface area (TPSA) is 68.5 Å². The van der Waals surface area contributed by atoms with Gasteiger partial charge in [-0.25, -0.2) is 0 Å². The van der Waals surface area contributed by atoms with Crippen molar-refractivity contribution in [3.8, 4) is 0 Å². The lowest BCUT2D eigenvalue weighted by Crippen LogP contribution is -2.48. The van der Waals surface area contributed by atoms with E-state index >= 15 is 0 Å². The third-order valence-electron chi connectivity index (χ3n) is 5.71. The number of amides is 1. The number of hydrogen-bond acceptors (Lipinski definition) is 4. The van der Waals surface area contributed by atoms with E-state index in [-0.39, 0.29) is 24.6 Å². The van der Waals surface area contributed by atoms with Gasteiger partial charge in [-0.05, 0) is 30.9 Å². The number of hydrogen-bond donors (Lipinski definition) is 1. The van der Waals surface area contributed by atoms with E-state index in [1.54, 1.807) is 4.90 Å². The summed E-state index contributed by atoms with van der Waals surface area (Å²) in [6.45, 7) is 1.16. The zero-order valence-electron chi connectivity index (χ0n) is 13.7. The highest BCUT2D eigenvalue weighted by molar-refractivity contribution is 5.84. The molecule has 1 aromatic heterocycles. The quantitative estimate of drug-likeness (QED) is 0.835. The van der Waals surface area contributed by atoms with Crippen molar-refractivity contribution in [2.75, 3.05) is 13.2 Å². The highest BCUT2D eigenvalue weighted by Gasteiger charge is 2.56. The lowest BCUT2D eigenvalue weighted by Gasteiger charge is -2.36. The zero-order valence-corrected chi connectivity index (χ0v) is 13.7.